The van der Waals surface area contributed by atoms with Crippen molar-refractivity contribution >= 4 is 17.7 Å². The van der Waals surface area contributed by atoms with E-state index < -0.39 is 53.4 Å². The number of benzene rings is 3. The van der Waals surface area contributed by atoms with Gasteiger partial charge in [0.1, 0.15) is 24.0 Å². The number of aromatic hydroxyl groups is 4. The van der Waals surface area contributed by atoms with E-state index in [-0.39, 0.29) is 42.0 Å². The van der Waals surface area contributed by atoms with Crippen molar-refractivity contribution < 1.29 is 59.1 Å². The van der Waals surface area contributed by atoms with Gasteiger partial charge in [0.15, 0.2) is 23.0 Å². The first kappa shape index (κ1) is 31.5. The van der Waals surface area contributed by atoms with Crippen molar-refractivity contribution in [2.45, 2.75) is 45.1 Å². The Bertz CT molecular complexity index is 1620. The van der Waals surface area contributed by atoms with Gasteiger partial charge in [-0.2, -0.15) is 0 Å². The van der Waals surface area contributed by atoms with Crippen LogP contribution in [-0.2, 0) is 20.9 Å². The number of ether oxygens (including phenoxy) is 5. The molecule has 0 spiro atoms. The Morgan fingerprint density at radius 2 is 1.67 bits per heavy atom. The molecule has 0 aromatic heterocycles. The van der Waals surface area contributed by atoms with Crippen molar-refractivity contribution in [3.05, 3.63) is 76.9 Å². The number of rotatable bonds is 10. The van der Waals surface area contributed by atoms with Crippen molar-refractivity contribution in [1.29, 1.82) is 0 Å². The average Bonchev–Trinajstić information content (AvgIpc) is 3.63. The maximum atomic E-state index is 12.8. The summed E-state index contributed by atoms with van der Waals surface area (Å²) >= 11 is 0. The molecule has 3 aromatic carbocycles. The Balaban J connectivity index is 1.20. The van der Waals surface area contributed by atoms with E-state index in [2.05, 4.69) is 5.32 Å². The molecule has 2 aliphatic heterocycles. The summed E-state index contributed by atoms with van der Waals surface area (Å²) in [4.78, 5) is 12.8. The zero-order valence-corrected chi connectivity index (χ0v) is 24.3. The lowest BCUT2D eigenvalue weighted by molar-refractivity contribution is -0.112. The molecule has 0 radical (unpaired) electrons. The van der Waals surface area contributed by atoms with Crippen molar-refractivity contribution in [3.63, 3.8) is 0 Å². The van der Waals surface area contributed by atoms with Gasteiger partial charge in [0.25, 0.3) is 5.91 Å². The van der Waals surface area contributed by atoms with Crippen molar-refractivity contribution in [3.8, 4) is 40.2 Å². The number of aliphatic hydroxyl groups is 2. The third-order valence-corrected chi connectivity index (χ3v) is 7.25. The molecule has 238 valence electrons. The monoisotopic (exact) mass is 623 g/mol. The molecule has 0 unspecified atom stereocenters. The molecule has 1 saturated heterocycles. The van der Waals surface area contributed by atoms with Gasteiger partial charge in [-0.05, 0) is 48.8 Å². The number of aliphatic hydroxyl groups excluding tert-OH is 2. The van der Waals surface area contributed by atoms with Crippen LogP contribution in [0.15, 0.2) is 65.8 Å². The number of hydrogen-bond acceptors (Lipinski definition) is 12. The van der Waals surface area contributed by atoms with E-state index in [1.54, 1.807) is 13.0 Å². The lowest BCUT2D eigenvalue weighted by Crippen LogP contribution is -2.35. The second-order valence-corrected chi connectivity index (χ2v) is 10.5. The van der Waals surface area contributed by atoms with E-state index in [4.69, 9.17) is 23.7 Å². The molecule has 5 rings (SSSR count). The molecule has 0 bridgehead atoms. The van der Waals surface area contributed by atoms with Gasteiger partial charge < -0.3 is 59.6 Å². The topological polar surface area (TPSA) is 197 Å². The third-order valence-electron chi connectivity index (χ3n) is 7.25. The number of phenols is 4. The molecule has 1 fully saturated rings. The van der Waals surface area contributed by atoms with Crippen LogP contribution in [0.3, 0.4) is 0 Å². The predicted octanol–water partition coefficient (Wildman–Crippen LogP) is 3.27. The molecule has 45 heavy (non-hydrogen) atoms. The molecular weight excluding hydrogens is 590 g/mol. The molecule has 7 N–H and O–H groups in total. The smallest absolute Gasteiger partial charge is 0.251 e. The summed E-state index contributed by atoms with van der Waals surface area (Å²) in [5, 5.41) is 64.8. The van der Waals surface area contributed by atoms with E-state index in [1.807, 2.05) is 30.3 Å². The van der Waals surface area contributed by atoms with Gasteiger partial charge in [0.2, 0.25) is 30.3 Å². The minimum absolute atomic E-state index is 0.0374. The first-order valence-electron chi connectivity index (χ1n) is 13.9. The molecular formula is C32H33NO12. The van der Waals surface area contributed by atoms with Crippen LogP contribution in [0.1, 0.15) is 25.0 Å². The Labute approximate surface area is 257 Å². The van der Waals surface area contributed by atoms with Gasteiger partial charge in [-0.3, -0.25) is 4.79 Å². The van der Waals surface area contributed by atoms with Crippen LogP contribution in [-0.4, -0.2) is 74.5 Å². The standard InChI is InChI=1S/C32H33NO12/c1-16(10-11-41-14-18-6-4-3-5-7-18)28-26(38)27(39)32(45-28)44-21-9-8-19(13-20(21)34)12-17(2)31(40)33-22-23(35)25(37)30-29(24(22)36)42-15-43-30/h3-10,12-13,26-28,32,34-39H,11,14-15H2,1-2H3,(H,33,40)/b16-10+,17-12+/t26-,27-,28+,32+/m0/s1. The Kier molecular flexibility index (Phi) is 9.34. The summed E-state index contributed by atoms with van der Waals surface area (Å²) in [6, 6.07) is 13.9. The highest BCUT2D eigenvalue weighted by molar-refractivity contribution is 6.08. The molecule has 1 amide bonds. The normalized spacial score (nSPS) is 21.2. The fourth-order valence-corrected chi connectivity index (χ4v) is 4.75. The summed E-state index contributed by atoms with van der Waals surface area (Å²) in [6.45, 7) is 3.58. The highest BCUT2D eigenvalue weighted by atomic mass is 16.7. The number of phenolic OH excluding ortho intramolecular Hbond substituents is 4. The number of amides is 1. The summed E-state index contributed by atoms with van der Waals surface area (Å²) < 4.78 is 27.2. The van der Waals surface area contributed by atoms with Gasteiger partial charge in [0.05, 0.1) is 13.2 Å². The van der Waals surface area contributed by atoms with Gasteiger partial charge in [-0.25, -0.2) is 0 Å². The fraction of sp³-hybridized carbons (Fsp3) is 0.281. The lowest BCUT2D eigenvalue weighted by atomic mass is 10.0. The van der Waals surface area contributed by atoms with Crippen molar-refractivity contribution in [2.24, 2.45) is 0 Å². The number of nitrogens with one attached hydrogen (secondary N) is 1. The van der Waals surface area contributed by atoms with Crippen LogP contribution in [0.25, 0.3) is 6.08 Å². The second-order valence-electron chi connectivity index (χ2n) is 10.5. The van der Waals surface area contributed by atoms with E-state index in [0.717, 1.165) is 5.56 Å². The third kappa shape index (κ3) is 6.76. The zero-order valence-electron chi connectivity index (χ0n) is 24.3. The van der Waals surface area contributed by atoms with Crippen LogP contribution in [0, 0.1) is 0 Å². The number of anilines is 1. The molecule has 3 aromatic rings. The number of carbonyl (C=O) groups is 1. The Hall–Kier alpha value is -4.95. The second kappa shape index (κ2) is 13.4. The first-order valence-corrected chi connectivity index (χ1v) is 13.9. The Morgan fingerprint density at radius 1 is 0.956 bits per heavy atom. The fourth-order valence-electron chi connectivity index (χ4n) is 4.75. The zero-order chi connectivity index (χ0) is 32.2. The Morgan fingerprint density at radius 3 is 2.38 bits per heavy atom. The maximum absolute atomic E-state index is 12.8. The lowest BCUT2D eigenvalue weighted by Gasteiger charge is -2.18. The van der Waals surface area contributed by atoms with Gasteiger partial charge in [-0.1, -0.05) is 42.5 Å². The number of carbonyl (C=O) groups excluding carboxylic acids is 1. The highest BCUT2D eigenvalue weighted by Crippen LogP contribution is 2.56. The van der Waals surface area contributed by atoms with Crippen molar-refractivity contribution in [1.82, 2.24) is 0 Å². The van der Waals surface area contributed by atoms with Crippen LogP contribution in [0.5, 0.6) is 40.2 Å². The van der Waals surface area contributed by atoms with E-state index in [1.165, 1.54) is 31.2 Å². The molecule has 0 saturated carbocycles. The first-order chi connectivity index (χ1) is 21.5. The highest BCUT2D eigenvalue weighted by Gasteiger charge is 2.45. The van der Waals surface area contributed by atoms with Crippen LogP contribution in [0.4, 0.5) is 5.69 Å². The van der Waals surface area contributed by atoms with E-state index in [9.17, 15) is 35.4 Å². The van der Waals surface area contributed by atoms with Gasteiger partial charge in [-0.15, -0.1) is 0 Å². The quantitative estimate of drug-likeness (QED) is 0.0573. The van der Waals surface area contributed by atoms with Gasteiger partial charge in [0, 0.05) is 5.57 Å². The minimum Gasteiger partial charge on any atom is -0.504 e. The molecule has 13 nitrogen and oxygen atoms in total. The molecule has 2 heterocycles. The maximum Gasteiger partial charge on any atom is 0.251 e. The SMILES string of the molecule is C/C(=C\c1ccc(O[C@@H]2O[C@H](/C(C)=C/COCc3ccccc3)[C@@H](O)[C@@H]2O)c(O)c1)C(=O)Nc1c(O)c(O)c2c(c1O)OCO2. The molecule has 4 atom stereocenters. The average molecular weight is 624 g/mol. The molecule has 13 heteroatoms. The van der Waals surface area contributed by atoms with Crippen LogP contribution >= 0.6 is 0 Å². The van der Waals surface area contributed by atoms with E-state index in [0.29, 0.717) is 17.7 Å². The van der Waals surface area contributed by atoms with Crippen LogP contribution in [0.2, 0.25) is 0 Å². The summed E-state index contributed by atoms with van der Waals surface area (Å²) in [5.41, 5.74) is 1.68. The molecule has 2 aliphatic rings. The molecule has 0 aliphatic carbocycles. The van der Waals surface area contributed by atoms with Crippen molar-refractivity contribution in [2.75, 3.05) is 18.7 Å². The van der Waals surface area contributed by atoms with Crippen LogP contribution < -0.4 is 19.5 Å². The number of fused-ring (bicyclic) bond motifs is 1. The summed E-state index contributed by atoms with van der Waals surface area (Å²) in [6.07, 6.45) is -1.67. The minimum atomic E-state index is -1.41. The summed E-state index contributed by atoms with van der Waals surface area (Å²) in [5.74, 6) is -3.71. The predicted molar refractivity (Wildman–Crippen MR) is 159 cm³/mol. The van der Waals surface area contributed by atoms with Gasteiger partial charge >= 0.3 is 0 Å². The van der Waals surface area contributed by atoms with E-state index >= 15 is 0 Å². The largest absolute Gasteiger partial charge is 0.504 e. The number of hydrogen-bond donors (Lipinski definition) is 7. The summed E-state index contributed by atoms with van der Waals surface area (Å²) in [7, 11) is 0.